The van der Waals surface area contributed by atoms with Gasteiger partial charge in [-0.1, -0.05) is 6.07 Å². The van der Waals surface area contributed by atoms with E-state index in [-0.39, 0.29) is 0 Å². The van der Waals surface area contributed by atoms with Crippen LogP contribution in [0.25, 0.3) is 0 Å². The molecule has 18 heavy (non-hydrogen) atoms. The largest absolute Gasteiger partial charge is 0.419 e. The number of benzene rings is 1. The molecule has 0 bridgehead atoms. The minimum Gasteiger partial charge on any atom is -0.307 e. The van der Waals surface area contributed by atoms with Gasteiger partial charge in [0.2, 0.25) is 0 Å². The van der Waals surface area contributed by atoms with Crippen molar-refractivity contribution in [2.24, 2.45) is 5.84 Å². The summed E-state index contributed by atoms with van der Waals surface area (Å²) in [6.45, 7) is 0.446. The Morgan fingerprint density at radius 2 is 1.94 bits per heavy atom. The molecule has 1 rings (SSSR count). The van der Waals surface area contributed by atoms with E-state index in [1.54, 1.807) is 19.0 Å². The van der Waals surface area contributed by atoms with Gasteiger partial charge in [0.1, 0.15) is 5.82 Å². The van der Waals surface area contributed by atoms with Gasteiger partial charge in [-0.2, -0.15) is 13.2 Å². The Bertz CT molecular complexity index is 404. The third-order valence-corrected chi connectivity index (χ3v) is 2.45. The number of nitrogens with one attached hydrogen (secondary N) is 1. The first-order valence-corrected chi connectivity index (χ1v) is 5.23. The lowest BCUT2D eigenvalue weighted by Crippen LogP contribution is -2.35. The molecule has 0 radical (unpaired) electrons. The molecule has 1 atom stereocenters. The minimum atomic E-state index is -4.68. The van der Waals surface area contributed by atoms with Crippen LogP contribution < -0.4 is 11.3 Å². The first kappa shape index (κ1) is 14.9. The van der Waals surface area contributed by atoms with Gasteiger partial charge in [-0.25, -0.2) is 4.39 Å². The lowest BCUT2D eigenvalue weighted by molar-refractivity contribution is -0.140. The number of alkyl halides is 3. The van der Waals surface area contributed by atoms with Gasteiger partial charge in [0.15, 0.2) is 0 Å². The number of nitrogens with zero attached hydrogens (tertiary/aromatic N) is 1. The third kappa shape index (κ3) is 3.66. The maximum atomic E-state index is 13.4. The zero-order chi connectivity index (χ0) is 13.9. The zero-order valence-electron chi connectivity index (χ0n) is 10.1. The smallest absolute Gasteiger partial charge is 0.307 e. The molecular weight excluding hydrogens is 250 g/mol. The van der Waals surface area contributed by atoms with E-state index >= 15 is 0 Å². The average molecular weight is 265 g/mol. The van der Waals surface area contributed by atoms with E-state index in [2.05, 4.69) is 5.43 Å². The molecule has 102 valence electrons. The standard InChI is InChI=1S/C11H15F4N3/c1-18(2)6-10(17-16)7-3-4-8(9(12)5-7)11(13,14)15/h3-5,10,17H,6,16H2,1-2H3. The number of hydrazine groups is 1. The molecule has 0 amide bonds. The Hall–Kier alpha value is -1.18. The Balaban J connectivity index is 3.02. The fourth-order valence-electron chi connectivity index (χ4n) is 1.60. The summed E-state index contributed by atoms with van der Waals surface area (Å²) in [5.41, 5.74) is 1.55. The van der Waals surface area contributed by atoms with Crippen LogP contribution in [0.3, 0.4) is 0 Å². The lowest BCUT2D eigenvalue weighted by Gasteiger charge is -2.21. The van der Waals surface area contributed by atoms with Crippen molar-refractivity contribution in [2.45, 2.75) is 12.2 Å². The van der Waals surface area contributed by atoms with Crippen molar-refractivity contribution in [3.63, 3.8) is 0 Å². The molecule has 0 saturated carbocycles. The Kier molecular flexibility index (Phi) is 4.66. The summed E-state index contributed by atoms with van der Waals surface area (Å²) in [5, 5.41) is 0. The van der Waals surface area contributed by atoms with Crippen LogP contribution in [0.15, 0.2) is 18.2 Å². The lowest BCUT2D eigenvalue weighted by atomic mass is 10.0. The van der Waals surface area contributed by atoms with E-state index in [1.807, 2.05) is 0 Å². The summed E-state index contributed by atoms with van der Waals surface area (Å²) in [5.74, 6) is 4.01. The van der Waals surface area contributed by atoms with Crippen LogP contribution in [0, 0.1) is 5.82 Å². The number of nitrogens with two attached hydrogens (primary N) is 1. The monoisotopic (exact) mass is 265 g/mol. The van der Waals surface area contributed by atoms with Gasteiger partial charge in [0, 0.05) is 6.54 Å². The molecule has 1 aromatic rings. The van der Waals surface area contributed by atoms with E-state index in [0.717, 1.165) is 12.1 Å². The predicted octanol–water partition coefficient (Wildman–Crippen LogP) is 1.91. The van der Waals surface area contributed by atoms with Gasteiger partial charge in [0.05, 0.1) is 11.6 Å². The van der Waals surface area contributed by atoms with Crippen LogP contribution in [-0.4, -0.2) is 25.5 Å². The van der Waals surface area contributed by atoms with Crippen molar-refractivity contribution >= 4 is 0 Å². The summed E-state index contributed by atoms with van der Waals surface area (Å²) in [6, 6.07) is 2.37. The number of halogens is 4. The van der Waals surface area contributed by atoms with Crippen LogP contribution in [-0.2, 0) is 6.18 Å². The Morgan fingerprint density at radius 1 is 1.33 bits per heavy atom. The first-order chi connectivity index (χ1) is 8.25. The highest BCUT2D eigenvalue weighted by Crippen LogP contribution is 2.32. The normalized spacial score (nSPS) is 14.0. The van der Waals surface area contributed by atoms with Crippen molar-refractivity contribution in [3.05, 3.63) is 35.1 Å². The maximum Gasteiger partial charge on any atom is 0.419 e. The van der Waals surface area contributed by atoms with Gasteiger partial charge in [0.25, 0.3) is 0 Å². The van der Waals surface area contributed by atoms with Crippen molar-refractivity contribution < 1.29 is 17.6 Å². The van der Waals surface area contributed by atoms with E-state index in [0.29, 0.717) is 12.1 Å². The summed E-state index contributed by atoms with van der Waals surface area (Å²) in [4.78, 5) is 1.79. The summed E-state index contributed by atoms with van der Waals surface area (Å²) in [6.07, 6.45) is -4.68. The molecule has 3 N–H and O–H groups in total. The Morgan fingerprint density at radius 3 is 2.33 bits per heavy atom. The van der Waals surface area contributed by atoms with Crippen molar-refractivity contribution in [2.75, 3.05) is 20.6 Å². The second-order valence-electron chi connectivity index (χ2n) is 4.22. The van der Waals surface area contributed by atoms with Crippen LogP contribution >= 0.6 is 0 Å². The quantitative estimate of drug-likeness (QED) is 0.496. The number of rotatable bonds is 4. The van der Waals surface area contributed by atoms with Crippen molar-refractivity contribution in [3.8, 4) is 0 Å². The highest BCUT2D eigenvalue weighted by Gasteiger charge is 2.34. The molecule has 0 fully saturated rings. The number of likely N-dealkylation sites (N-methyl/N-ethyl adjacent to an activating group) is 1. The molecular formula is C11H15F4N3. The average Bonchev–Trinajstić information content (AvgIpc) is 2.23. The van der Waals surface area contributed by atoms with Crippen LogP contribution in [0.4, 0.5) is 17.6 Å². The van der Waals surface area contributed by atoms with E-state index in [1.165, 1.54) is 6.07 Å². The zero-order valence-corrected chi connectivity index (χ0v) is 10.1. The predicted molar refractivity (Wildman–Crippen MR) is 60.0 cm³/mol. The van der Waals surface area contributed by atoms with Gasteiger partial charge in [-0.05, 0) is 31.8 Å². The highest BCUT2D eigenvalue weighted by atomic mass is 19.4. The van der Waals surface area contributed by atoms with Crippen LogP contribution in [0.1, 0.15) is 17.2 Å². The SMILES string of the molecule is CN(C)CC(NN)c1ccc(C(F)(F)F)c(F)c1. The molecule has 0 aliphatic heterocycles. The molecule has 0 aromatic heterocycles. The minimum absolute atomic E-state index is 0.372. The number of hydrogen-bond acceptors (Lipinski definition) is 3. The molecule has 1 aromatic carbocycles. The van der Waals surface area contributed by atoms with Gasteiger partial charge >= 0.3 is 6.18 Å². The fraction of sp³-hybridized carbons (Fsp3) is 0.455. The molecule has 3 nitrogen and oxygen atoms in total. The summed E-state index contributed by atoms with van der Waals surface area (Å²) >= 11 is 0. The van der Waals surface area contributed by atoms with Crippen LogP contribution in [0.2, 0.25) is 0 Å². The van der Waals surface area contributed by atoms with Gasteiger partial charge in [-0.15, -0.1) is 0 Å². The highest BCUT2D eigenvalue weighted by molar-refractivity contribution is 5.28. The molecule has 0 spiro atoms. The van der Waals surface area contributed by atoms with Gasteiger partial charge < -0.3 is 4.90 Å². The fourth-order valence-corrected chi connectivity index (χ4v) is 1.60. The summed E-state index contributed by atoms with van der Waals surface area (Å²) in [7, 11) is 3.57. The van der Waals surface area contributed by atoms with Crippen LogP contribution in [0.5, 0.6) is 0 Å². The second-order valence-corrected chi connectivity index (χ2v) is 4.22. The van der Waals surface area contributed by atoms with Crippen molar-refractivity contribution in [1.29, 1.82) is 0 Å². The molecule has 0 heterocycles. The maximum absolute atomic E-state index is 13.4. The molecule has 0 aliphatic carbocycles. The third-order valence-electron chi connectivity index (χ3n) is 2.45. The van der Waals surface area contributed by atoms with E-state index in [4.69, 9.17) is 5.84 Å². The molecule has 0 aliphatic rings. The Labute approximate surface area is 103 Å². The first-order valence-electron chi connectivity index (χ1n) is 5.23. The molecule has 7 heteroatoms. The van der Waals surface area contributed by atoms with E-state index in [9.17, 15) is 17.6 Å². The molecule has 0 saturated heterocycles. The van der Waals surface area contributed by atoms with E-state index < -0.39 is 23.6 Å². The second kappa shape index (κ2) is 5.64. The molecule has 1 unspecified atom stereocenters. The van der Waals surface area contributed by atoms with Gasteiger partial charge in [-0.3, -0.25) is 11.3 Å². The van der Waals surface area contributed by atoms with Crippen molar-refractivity contribution in [1.82, 2.24) is 10.3 Å². The summed E-state index contributed by atoms with van der Waals surface area (Å²) < 4.78 is 50.5. The number of hydrogen-bond donors (Lipinski definition) is 2. The topological polar surface area (TPSA) is 41.3 Å².